The zero-order valence-electron chi connectivity index (χ0n) is 13.0. The second-order valence-corrected chi connectivity index (χ2v) is 4.21. The quantitative estimate of drug-likeness (QED) is 0.667. The lowest BCUT2D eigenvalue weighted by molar-refractivity contribution is 0.363. The molecular weight excluding hydrogens is 208 g/mol. The topological polar surface area (TPSA) is 78.4 Å². The molecule has 0 bridgehead atoms. The Bertz CT molecular complexity index is 562. The van der Waals surface area contributed by atoms with Crippen molar-refractivity contribution in [2.75, 3.05) is 20.3 Å². The van der Waals surface area contributed by atoms with Gasteiger partial charge in [0, 0.05) is 6.26 Å². The maximum absolute atomic E-state index is 11.4. The van der Waals surface area contributed by atoms with Gasteiger partial charge in [-0.25, -0.2) is 8.42 Å². The van der Waals surface area contributed by atoms with Gasteiger partial charge in [0.15, 0.2) is 0 Å². The first-order valence-electron chi connectivity index (χ1n) is 6.23. The number of hydrogen-bond donors (Lipinski definition) is 0. The van der Waals surface area contributed by atoms with E-state index in [0.717, 1.165) is 12.3 Å². The fourth-order valence-electron chi connectivity index (χ4n) is 0.654. The van der Waals surface area contributed by atoms with E-state index in [-0.39, 0.29) is 0 Å². The molecule has 6 nitrogen and oxygen atoms in total. The van der Waals surface area contributed by atoms with Gasteiger partial charge in [0.1, 0.15) is 0 Å². The molecule has 7 heteroatoms. The predicted octanol–water partition coefficient (Wildman–Crippen LogP) is -0.103. The standard InChI is InChI=1S/C7H10N2O4S/c1-12-5-4-6(13-2)9-7(8-5)14(3,10)11/h4H,1-3H3/i1D3,2D3. The summed E-state index contributed by atoms with van der Waals surface area (Å²) in [5, 5.41) is -0.807. The molecule has 1 heterocycles. The summed E-state index contributed by atoms with van der Waals surface area (Å²) in [6, 6.07) is 0.771. The molecule has 1 rings (SSSR count). The molecule has 0 spiro atoms. The van der Waals surface area contributed by atoms with E-state index >= 15 is 0 Å². The third kappa shape index (κ3) is 2.32. The zero-order valence-corrected chi connectivity index (χ0v) is 7.83. The second-order valence-electron chi connectivity index (χ2n) is 2.30. The summed E-state index contributed by atoms with van der Waals surface area (Å²) in [7, 11) is -9.69. The minimum atomic E-state index is -3.91. The highest BCUT2D eigenvalue weighted by atomic mass is 32.2. The molecule has 0 aliphatic heterocycles. The van der Waals surface area contributed by atoms with E-state index in [4.69, 9.17) is 8.22 Å². The summed E-state index contributed by atoms with van der Waals surface area (Å²) in [5.41, 5.74) is 0. The lowest BCUT2D eigenvalue weighted by atomic mass is 10.6. The van der Waals surface area contributed by atoms with Gasteiger partial charge >= 0.3 is 0 Å². The Morgan fingerprint density at radius 1 is 1.29 bits per heavy atom. The summed E-state index contributed by atoms with van der Waals surface area (Å²) in [6.45, 7) is 0. The van der Waals surface area contributed by atoms with Crippen LogP contribution < -0.4 is 9.47 Å². The second kappa shape index (κ2) is 3.79. The minimum Gasteiger partial charge on any atom is -0.481 e. The van der Waals surface area contributed by atoms with Gasteiger partial charge in [0.2, 0.25) is 21.6 Å². The predicted molar refractivity (Wildman–Crippen MR) is 48.2 cm³/mol. The summed E-state index contributed by atoms with van der Waals surface area (Å²) < 4.78 is 72.9. The normalized spacial score (nSPS) is 19.2. The number of hydrogen-bond acceptors (Lipinski definition) is 6. The number of ether oxygens (including phenoxy) is 2. The van der Waals surface area contributed by atoms with E-state index < -0.39 is 40.8 Å². The highest BCUT2D eigenvalue weighted by Gasteiger charge is 2.14. The van der Waals surface area contributed by atoms with E-state index in [1.165, 1.54) is 0 Å². The van der Waals surface area contributed by atoms with Crippen LogP contribution in [0.3, 0.4) is 0 Å². The Morgan fingerprint density at radius 2 is 1.79 bits per heavy atom. The Labute approximate surface area is 90.2 Å². The molecule has 0 N–H and O–H groups in total. The van der Waals surface area contributed by atoms with Gasteiger partial charge in [-0.05, 0) is 0 Å². The fraction of sp³-hybridized carbons (Fsp3) is 0.429. The van der Waals surface area contributed by atoms with Gasteiger partial charge in [-0.2, -0.15) is 9.97 Å². The molecule has 0 fully saturated rings. The minimum absolute atomic E-state index is 0.639. The van der Waals surface area contributed by atoms with Gasteiger partial charge in [0.05, 0.1) is 28.4 Å². The SMILES string of the molecule is [2H]C([2H])([2H])Oc1cc(OC([2H])([2H])[2H])nc(S(C)(=O)=O)n1. The van der Waals surface area contributed by atoms with Crippen molar-refractivity contribution in [3.05, 3.63) is 6.07 Å². The lowest BCUT2D eigenvalue weighted by Gasteiger charge is -2.04. The third-order valence-corrected chi connectivity index (χ3v) is 2.05. The first-order valence-corrected chi connectivity index (χ1v) is 5.13. The zero-order chi connectivity index (χ0) is 15.8. The van der Waals surface area contributed by atoms with Crippen LogP contribution in [0.25, 0.3) is 0 Å². The van der Waals surface area contributed by atoms with Crippen molar-refractivity contribution < 1.29 is 26.1 Å². The first kappa shape index (κ1) is 4.92. The van der Waals surface area contributed by atoms with Crippen LogP contribution in [0.1, 0.15) is 8.22 Å². The molecule has 0 radical (unpaired) electrons. The van der Waals surface area contributed by atoms with Crippen molar-refractivity contribution in [1.29, 1.82) is 0 Å². The number of rotatable bonds is 3. The van der Waals surface area contributed by atoms with Gasteiger partial charge < -0.3 is 9.47 Å². The summed E-state index contributed by atoms with van der Waals surface area (Å²) in [5.74, 6) is -1.28. The Hall–Kier alpha value is -1.37. The monoisotopic (exact) mass is 224 g/mol. The number of sulfone groups is 1. The van der Waals surface area contributed by atoms with Crippen LogP contribution in [-0.2, 0) is 9.84 Å². The van der Waals surface area contributed by atoms with E-state index in [1.54, 1.807) is 0 Å². The Kier molecular flexibility index (Phi) is 1.33. The molecule has 0 saturated heterocycles. The molecule has 0 aromatic carbocycles. The molecule has 0 unspecified atom stereocenters. The molecule has 0 atom stereocenters. The number of nitrogens with zero attached hydrogens (tertiary/aromatic N) is 2. The van der Waals surface area contributed by atoms with Crippen LogP contribution in [0.5, 0.6) is 11.8 Å². The molecule has 14 heavy (non-hydrogen) atoms. The maximum Gasteiger partial charge on any atom is 0.253 e. The largest absolute Gasteiger partial charge is 0.481 e. The fourth-order valence-corrected chi connectivity index (χ4v) is 1.17. The lowest BCUT2D eigenvalue weighted by Crippen LogP contribution is -2.06. The van der Waals surface area contributed by atoms with Gasteiger partial charge in [-0.1, -0.05) is 0 Å². The van der Waals surface area contributed by atoms with Crippen LogP contribution in [0.15, 0.2) is 11.2 Å². The van der Waals surface area contributed by atoms with E-state index in [9.17, 15) is 8.42 Å². The summed E-state index contributed by atoms with van der Waals surface area (Å²) in [4.78, 5) is 6.75. The van der Waals surface area contributed by atoms with E-state index in [2.05, 4.69) is 19.4 Å². The van der Waals surface area contributed by atoms with Crippen molar-refractivity contribution in [3.8, 4) is 11.8 Å². The van der Waals surface area contributed by atoms with E-state index in [0.29, 0.717) is 0 Å². The Balaban J connectivity index is 3.29. The smallest absolute Gasteiger partial charge is 0.253 e. The van der Waals surface area contributed by atoms with Crippen LogP contribution in [0.2, 0.25) is 0 Å². The van der Waals surface area contributed by atoms with Crippen molar-refractivity contribution in [2.24, 2.45) is 0 Å². The van der Waals surface area contributed by atoms with Gasteiger partial charge in [-0.15, -0.1) is 0 Å². The van der Waals surface area contributed by atoms with Crippen LogP contribution in [0, 0.1) is 0 Å². The van der Waals surface area contributed by atoms with Gasteiger partial charge in [0.25, 0.3) is 5.16 Å². The molecular formula is C7H10N2O4S. The average molecular weight is 224 g/mol. The van der Waals surface area contributed by atoms with Crippen LogP contribution in [0.4, 0.5) is 0 Å². The Morgan fingerprint density at radius 3 is 2.14 bits per heavy atom. The number of aromatic nitrogens is 2. The van der Waals surface area contributed by atoms with E-state index in [1.807, 2.05) is 0 Å². The molecule has 78 valence electrons. The van der Waals surface area contributed by atoms with Crippen molar-refractivity contribution in [2.45, 2.75) is 5.16 Å². The number of methoxy groups -OCH3 is 2. The molecule has 1 aromatic rings. The van der Waals surface area contributed by atoms with Crippen molar-refractivity contribution in [3.63, 3.8) is 0 Å². The average Bonchev–Trinajstić information content (AvgIpc) is 2.09. The van der Waals surface area contributed by atoms with Crippen LogP contribution in [-0.4, -0.2) is 38.7 Å². The highest BCUT2D eigenvalue weighted by molar-refractivity contribution is 7.90. The van der Waals surface area contributed by atoms with Crippen molar-refractivity contribution >= 4 is 9.84 Å². The summed E-state index contributed by atoms with van der Waals surface area (Å²) >= 11 is 0. The molecule has 1 aromatic heterocycles. The third-order valence-electron chi connectivity index (χ3n) is 1.20. The van der Waals surface area contributed by atoms with Crippen molar-refractivity contribution in [1.82, 2.24) is 9.97 Å². The molecule has 0 amide bonds. The first-order chi connectivity index (χ1) is 8.76. The van der Waals surface area contributed by atoms with Crippen LogP contribution >= 0.6 is 0 Å². The molecule has 0 aliphatic rings. The summed E-state index contributed by atoms with van der Waals surface area (Å²) in [6.07, 6.45) is 0.764. The van der Waals surface area contributed by atoms with Gasteiger partial charge in [-0.3, -0.25) is 0 Å². The highest BCUT2D eigenvalue weighted by Crippen LogP contribution is 2.16. The molecule has 0 aliphatic carbocycles. The molecule has 0 saturated carbocycles. The maximum atomic E-state index is 11.4.